The van der Waals surface area contributed by atoms with E-state index in [4.69, 9.17) is 0 Å². The Morgan fingerprint density at radius 2 is 1.90 bits per heavy atom. The first-order valence-corrected chi connectivity index (χ1v) is 5.81. The molecule has 1 aliphatic rings. The molecule has 0 bridgehead atoms. The van der Waals surface area contributed by atoms with Gasteiger partial charge in [-0.2, -0.15) is 31.3 Å². The summed E-state index contributed by atoms with van der Waals surface area (Å²) < 4.78 is 80.1. The van der Waals surface area contributed by atoms with Crippen LogP contribution < -0.4 is 5.32 Å². The van der Waals surface area contributed by atoms with Gasteiger partial charge in [0.05, 0.1) is 6.42 Å². The van der Waals surface area contributed by atoms with Crippen LogP contribution in [-0.4, -0.2) is 35.6 Å². The molecule has 0 radical (unpaired) electrons. The zero-order valence-corrected chi connectivity index (χ0v) is 10.1. The minimum Gasteiger partial charge on any atom is -0.338 e. The topological polar surface area (TPSA) is 51.0 Å². The summed E-state index contributed by atoms with van der Waals surface area (Å²) in [4.78, 5) is 3.50. The highest BCUT2D eigenvalue weighted by Gasteiger charge is 2.61. The Morgan fingerprint density at radius 1 is 1.20 bits per heavy atom. The highest BCUT2D eigenvalue weighted by atomic mass is 19.4. The minimum absolute atomic E-state index is 0.125. The molecular formula is C10H11F6N3O. The maximum absolute atomic E-state index is 13.1. The number of hydrogen-bond acceptors (Lipinski definition) is 4. The van der Waals surface area contributed by atoms with Crippen LogP contribution in [0.1, 0.15) is 24.6 Å². The molecule has 114 valence electrons. The molecule has 0 amide bonds. The molecule has 0 saturated carbocycles. The van der Waals surface area contributed by atoms with Crippen molar-refractivity contribution >= 4 is 0 Å². The molecule has 1 N–H and O–H groups in total. The number of nitrogens with zero attached hydrogens (tertiary/aromatic N) is 2. The van der Waals surface area contributed by atoms with Crippen LogP contribution in [0.2, 0.25) is 0 Å². The van der Waals surface area contributed by atoms with Crippen LogP contribution in [-0.2, 0) is 11.8 Å². The van der Waals surface area contributed by atoms with Gasteiger partial charge in [-0.25, -0.2) is 0 Å². The van der Waals surface area contributed by atoms with Crippen molar-refractivity contribution in [3.63, 3.8) is 0 Å². The van der Waals surface area contributed by atoms with E-state index >= 15 is 0 Å². The van der Waals surface area contributed by atoms with Crippen molar-refractivity contribution in [3.05, 3.63) is 11.7 Å². The van der Waals surface area contributed by atoms with Crippen molar-refractivity contribution in [1.29, 1.82) is 0 Å². The molecule has 20 heavy (non-hydrogen) atoms. The van der Waals surface area contributed by atoms with Gasteiger partial charge >= 0.3 is 12.4 Å². The maximum atomic E-state index is 13.1. The molecule has 1 saturated heterocycles. The summed E-state index contributed by atoms with van der Waals surface area (Å²) in [6, 6.07) is 0. The zero-order valence-electron chi connectivity index (χ0n) is 10.1. The molecule has 2 rings (SSSR count). The molecule has 1 aliphatic heterocycles. The van der Waals surface area contributed by atoms with Crippen LogP contribution >= 0.6 is 0 Å². The normalized spacial score (nSPS) is 24.3. The first-order chi connectivity index (χ1) is 9.14. The van der Waals surface area contributed by atoms with Crippen molar-refractivity contribution in [2.24, 2.45) is 0 Å². The molecule has 1 aromatic heterocycles. The lowest BCUT2D eigenvalue weighted by Crippen LogP contribution is -2.44. The average Bonchev–Trinajstić information content (AvgIpc) is 2.94. The van der Waals surface area contributed by atoms with Crippen molar-refractivity contribution in [3.8, 4) is 0 Å². The molecule has 1 atom stereocenters. The van der Waals surface area contributed by atoms with Gasteiger partial charge in [0, 0.05) is 13.0 Å². The van der Waals surface area contributed by atoms with E-state index in [0.29, 0.717) is 0 Å². The largest absolute Gasteiger partial charge is 0.404 e. The van der Waals surface area contributed by atoms with Crippen LogP contribution in [0, 0.1) is 0 Å². The quantitative estimate of drug-likeness (QED) is 0.871. The summed E-state index contributed by atoms with van der Waals surface area (Å²) in [7, 11) is 0. The predicted molar refractivity (Wildman–Crippen MR) is 53.9 cm³/mol. The highest BCUT2D eigenvalue weighted by molar-refractivity contribution is 5.14. The number of aryl methyl sites for hydroxylation is 1. The number of aromatic nitrogens is 2. The molecule has 1 aromatic rings. The monoisotopic (exact) mass is 303 g/mol. The van der Waals surface area contributed by atoms with Crippen LogP contribution in [0.25, 0.3) is 0 Å². The number of nitrogens with one attached hydrogen (secondary N) is 1. The fraction of sp³-hybridized carbons (Fsp3) is 0.800. The fourth-order valence-electron chi connectivity index (χ4n) is 2.04. The highest BCUT2D eigenvalue weighted by Crippen LogP contribution is 2.44. The lowest BCUT2D eigenvalue weighted by Gasteiger charge is -2.26. The molecule has 4 nitrogen and oxygen atoms in total. The molecule has 1 unspecified atom stereocenters. The van der Waals surface area contributed by atoms with Gasteiger partial charge in [0.1, 0.15) is 0 Å². The van der Waals surface area contributed by atoms with Crippen molar-refractivity contribution in [2.45, 2.75) is 37.0 Å². The van der Waals surface area contributed by atoms with Crippen molar-refractivity contribution in [1.82, 2.24) is 15.5 Å². The third kappa shape index (κ3) is 2.89. The van der Waals surface area contributed by atoms with Crippen LogP contribution in [0.3, 0.4) is 0 Å². The smallest absolute Gasteiger partial charge is 0.338 e. The third-order valence-electron chi connectivity index (χ3n) is 3.21. The Labute approximate surface area is 109 Å². The summed E-state index contributed by atoms with van der Waals surface area (Å²) in [5, 5.41) is 5.76. The lowest BCUT2D eigenvalue weighted by atomic mass is 9.86. The van der Waals surface area contributed by atoms with Gasteiger partial charge in [-0.1, -0.05) is 5.16 Å². The molecule has 1 fully saturated rings. The standard InChI is InChI=1S/C10H11F6N3O/c11-9(12,13)2-1-6-18-7(20-19-6)8(10(14,15)16)3-4-17-5-8/h17H,1-5H2. The van der Waals surface area contributed by atoms with Gasteiger partial charge in [-0.05, 0) is 13.0 Å². The van der Waals surface area contributed by atoms with Gasteiger partial charge < -0.3 is 9.84 Å². The average molecular weight is 303 g/mol. The summed E-state index contributed by atoms with van der Waals surface area (Å²) >= 11 is 0. The second-order valence-electron chi connectivity index (χ2n) is 4.64. The van der Waals surface area contributed by atoms with Crippen LogP contribution in [0.15, 0.2) is 4.52 Å². The van der Waals surface area contributed by atoms with E-state index in [9.17, 15) is 26.3 Å². The second-order valence-corrected chi connectivity index (χ2v) is 4.64. The van der Waals surface area contributed by atoms with E-state index in [1.54, 1.807) is 0 Å². The Hall–Kier alpha value is -1.32. The molecule has 0 aromatic carbocycles. The second kappa shape index (κ2) is 4.90. The molecule has 0 spiro atoms. The first-order valence-electron chi connectivity index (χ1n) is 5.81. The van der Waals surface area contributed by atoms with E-state index in [1.165, 1.54) is 0 Å². The number of hydrogen-bond donors (Lipinski definition) is 1. The minimum atomic E-state index is -4.61. The summed E-state index contributed by atoms with van der Waals surface area (Å²) in [6.45, 7) is -0.294. The number of rotatable bonds is 3. The Kier molecular flexibility index (Phi) is 3.69. The van der Waals surface area contributed by atoms with E-state index in [1.807, 2.05) is 0 Å². The van der Waals surface area contributed by atoms with Gasteiger partial charge in [0.15, 0.2) is 11.2 Å². The molecular weight excluding hydrogens is 292 g/mol. The lowest BCUT2D eigenvalue weighted by molar-refractivity contribution is -0.191. The van der Waals surface area contributed by atoms with Crippen molar-refractivity contribution in [2.75, 3.05) is 13.1 Å². The van der Waals surface area contributed by atoms with E-state index in [2.05, 4.69) is 20.0 Å². The van der Waals surface area contributed by atoms with Crippen LogP contribution in [0.5, 0.6) is 0 Å². The Morgan fingerprint density at radius 3 is 2.40 bits per heavy atom. The summed E-state index contributed by atoms with van der Waals surface area (Å²) in [6.07, 6.45) is -11.1. The fourth-order valence-corrected chi connectivity index (χ4v) is 2.04. The maximum Gasteiger partial charge on any atom is 0.404 e. The van der Waals surface area contributed by atoms with Crippen molar-refractivity contribution < 1.29 is 30.9 Å². The number of alkyl halides is 6. The van der Waals surface area contributed by atoms with Gasteiger partial charge in [-0.15, -0.1) is 0 Å². The third-order valence-corrected chi connectivity index (χ3v) is 3.21. The van der Waals surface area contributed by atoms with E-state index < -0.39 is 43.0 Å². The van der Waals surface area contributed by atoms with Gasteiger partial charge in [0.25, 0.3) is 0 Å². The Balaban J connectivity index is 2.18. The molecule has 2 heterocycles. The molecule has 10 heteroatoms. The predicted octanol–water partition coefficient (Wildman–Crippen LogP) is 2.36. The number of halogens is 6. The van der Waals surface area contributed by atoms with E-state index in [-0.39, 0.29) is 18.8 Å². The summed E-state index contributed by atoms with van der Waals surface area (Å²) in [5.41, 5.74) is -2.31. The Bertz CT molecular complexity index is 460. The zero-order chi connectivity index (χ0) is 15.0. The van der Waals surface area contributed by atoms with Gasteiger partial charge in [-0.3, -0.25) is 0 Å². The summed E-state index contributed by atoms with van der Waals surface area (Å²) in [5.74, 6) is -1.04. The SMILES string of the molecule is FC(F)(F)CCc1noc(C2(C(F)(F)F)CCNC2)n1. The van der Waals surface area contributed by atoms with Crippen LogP contribution in [0.4, 0.5) is 26.3 Å². The first kappa shape index (κ1) is 15.1. The van der Waals surface area contributed by atoms with Gasteiger partial charge in [0.2, 0.25) is 5.89 Å². The van der Waals surface area contributed by atoms with E-state index in [0.717, 1.165) is 0 Å². The molecule has 0 aliphatic carbocycles.